The fourth-order valence-corrected chi connectivity index (χ4v) is 1.45. The van der Waals surface area contributed by atoms with Gasteiger partial charge < -0.3 is 14.9 Å². The van der Waals surface area contributed by atoms with E-state index in [1.165, 1.54) is 0 Å². The fourth-order valence-electron chi connectivity index (χ4n) is 1.45. The van der Waals surface area contributed by atoms with E-state index in [4.69, 9.17) is 10.6 Å². The van der Waals surface area contributed by atoms with Gasteiger partial charge in [-0.2, -0.15) is 0 Å². The van der Waals surface area contributed by atoms with Gasteiger partial charge in [-0.05, 0) is 26.3 Å². The number of nitrogens with one attached hydrogen (secondary N) is 1. The van der Waals surface area contributed by atoms with Crippen LogP contribution in [-0.4, -0.2) is 18.3 Å². The van der Waals surface area contributed by atoms with E-state index in [1.54, 1.807) is 0 Å². The summed E-state index contributed by atoms with van der Waals surface area (Å²) in [5, 5.41) is 2.72. The zero-order valence-electron chi connectivity index (χ0n) is 11.0. The van der Waals surface area contributed by atoms with E-state index in [1.807, 2.05) is 51.1 Å². The molecule has 100 valence electrons. The van der Waals surface area contributed by atoms with Crippen molar-refractivity contribution in [3.63, 3.8) is 0 Å². The van der Waals surface area contributed by atoms with Gasteiger partial charge in [-0.25, -0.2) is 10.7 Å². The molecule has 1 atom stereocenters. The van der Waals surface area contributed by atoms with Gasteiger partial charge in [0.1, 0.15) is 5.60 Å². The SMILES string of the molecule is CC(C)(C)OC(=O)NC(CON)c1ccccc1. The summed E-state index contributed by atoms with van der Waals surface area (Å²) in [6.07, 6.45) is -0.492. The maximum absolute atomic E-state index is 11.7. The predicted octanol–water partition coefficient (Wildman–Crippen LogP) is 2.14. The van der Waals surface area contributed by atoms with Gasteiger partial charge in [-0.15, -0.1) is 0 Å². The monoisotopic (exact) mass is 252 g/mol. The number of benzene rings is 1. The molecule has 0 radical (unpaired) electrons. The lowest BCUT2D eigenvalue weighted by Gasteiger charge is -2.23. The molecule has 1 amide bonds. The van der Waals surface area contributed by atoms with Gasteiger partial charge in [0, 0.05) is 0 Å². The molecule has 0 saturated heterocycles. The molecule has 3 N–H and O–H groups in total. The highest BCUT2D eigenvalue weighted by Crippen LogP contribution is 2.14. The third-order valence-corrected chi connectivity index (χ3v) is 2.16. The Balaban J connectivity index is 2.67. The standard InChI is InChI=1S/C13H20N2O3/c1-13(2,3)18-12(16)15-11(9-17-14)10-7-5-4-6-8-10/h4-8,11H,9,14H2,1-3H3,(H,15,16). The first-order valence-corrected chi connectivity index (χ1v) is 5.78. The maximum atomic E-state index is 11.7. The van der Waals surface area contributed by atoms with Gasteiger partial charge in [0.25, 0.3) is 0 Å². The van der Waals surface area contributed by atoms with E-state index < -0.39 is 11.7 Å². The fraction of sp³-hybridized carbons (Fsp3) is 0.462. The van der Waals surface area contributed by atoms with Crippen LogP contribution in [0, 0.1) is 0 Å². The van der Waals surface area contributed by atoms with Crippen LogP contribution in [0.2, 0.25) is 0 Å². The highest BCUT2D eigenvalue weighted by atomic mass is 16.6. The number of ether oxygens (including phenoxy) is 1. The van der Waals surface area contributed by atoms with E-state index in [-0.39, 0.29) is 12.6 Å². The Kier molecular flexibility index (Phi) is 5.12. The van der Waals surface area contributed by atoms with E-state index in [0.717, 1.165) is 5.56 Å². The molecule has 0 aromatic heterocycles. The number of rotatable bonds is 4. The lowest BCUT2D eigenvalue weighted by molar-refractivity contribution is 0.0441. The molecule has 1 aromatic carbocycles. The summed E-state index contributed by atoms with van der Waals surface area (Å²) in [6.45, 7) is 5.61. The summed E-state index contributed by atoms with van der Waals surface area (Å²) in [5.74, 6) is 5.08. The van der Waals surface area contributed by atoms with Crippen LogP contribution in [0.25, 0.3) is 0 Å². The number of hydrogen-bond donors (Lipinski definition) is 2. The molecule has 0 fully saturated rings. The minimum atomic E-state index is -0.533. The van der Waals surface area contributed by atoms with E-state index in [9.17, 15) is 4.79 Å². The van der Waals surface area contributed by atoms with Gasteiger partial charge >= 0.3 is 6.09 Å². The average Bonchev–Trinajstić information content (AvgIpc) is 2.27. The average molecular weight is 252 g/mol. The predicted molar refractivity (Wildman–Crippen MR) is 68.7 cm³/mol. The van der Waals surface area contributed by atoms with E-state index >= 15 is 0 Å². The Morgan fingerprint density at radius 1 is 1.33 bits per heavy atom. The molecule has 0 spiro atoms. The summed E-state index contributed by atoms with van der Waals surface area (Å²) in [4.78, 5) is 16.3. The molecule has 1 unspecified atom stereocenters. The van der Waals surface area contributed by atoms with E-state index in [2.05, 4.69) is 10.2 Å². The molecule has 18 heavy (non-hydrogen) atoms. The van der Waals surface area contributed by atoms with Crippen LogP contribution >= 0.6 is 0 Å². The molecule has 0 aliphatic rings. The van der Waals surface area contributed by atoms with Gasteiger partial charge in [0.05, 0.1) is 12.6 Å². The first-order valence-electron chi connectivity index (χ1n) is 5.78. The van der Waals surface area contributed by atoms with Gasteiger partial charge in [-0.3, -0.25) is 0 Å². The zero-order chi connectivity index (χ0) is 13.6. The molecule has 1 rings (SSSR count). The van der Waals surface area contributed by atoms with Crippen molar-refractivity contribution in [2.75, 3.05) is 6.61 Å². The quantitative estimate of drug-likeness (QED) is 0.805. The van der Waals surface area contributed by atoms with E-state index in [0.29, 0.717) is 0 Å². The number of carbonyl (C=O) groups is 1. The Morgan fingerprint density at radius 3 is 2.44 bits per heavy atom. The Hall–Kier alpha value is -1.59. The van der Waals surface area contributed by atoms with Crippen molar-refractivity contribution in [3.05, 3.63) is 35.9 Å². The second kappa shape index (κ2) is 6.37. The van der Waals surface area contributed by atoms with Crippen LogP contribution < -0.4 is 11.2 Å². The molecule has 0 saturated carbocycles. The smallest absolute Gasteiger partial charge is 0.408 e. The summed E-state index contributed by atoms with van der Waals surface area (Å²) in [7, 11) is 0. The number of carbonyl (C=O) groups excluding carboxylic acids is 1. The van der Waals surface area contributed by atoms with Crippen LogP contribution in [-0.2, 0) is 9.57 Å². The third kappa shape index (κ3) is 5.16. The first-order chi connectivity index (χ1) is 8.42. The van der Waals surface area contributed by atoms with Crippen molar-refractivity contribution in [3.8, 4) is 0 Å². The van der Waals surface area contributed by atoms with Crippen molar-refractivity contribution >= 4 is 6.09 Å². The molecule has 0 bridgehead atoms. The summed E-state index contributed by atoms with van der Waals surface area (Å²) < 4.78 is 5.19. The highest BCUT2D eigenvalue weighted by molar-refractivity contribution is 5.68. The highest BCUT2D eigenvalue weighted by Gasteiger charge is 2.20. The second-order valence-corrected chi connectivity index (χ2v) is 4.94. The molecule has 0 aliphatic carbocycles. The summed E-state index contributed by atoms with van der Waals surface area (Å²) in [5.41, 5.74) is 0.378. The normalized spacial score (nSPS) is 12.9. The minimum absolute atomic E-state index is 0.184. The van der Waals surface area contributed by atoms with Crippen molar-refractivity contribution in [2.24, 2.45) is 5.90 Å². The first kappa shape index (κ1) is 14.5. The van der Waals surface area contributed by atoms with Crippen LogP contribution in [0.15, 0.2) is 30.3 Å². The number of amides is 1. The molecular formula is C13H20N2O3. The molecule has 0 heterocycles. The maximum Gasteiger partial charge on any atom is 0.408 e. The summed E-state index contributed by atoms with van der Waals surface area (Å²) in [6, 6.07) is 9.12. The van der Waals surface area contributed by atoms with Crippen molar-refractivity contribution in [2.45, 2.75) is 32.4 Å². The number of alkyl carbamates (subject to hydrolysis) is 1. The zero-order valence-corrected chi connectivity index (χ0v) is 11.0. The Labute approximate surface area is 107 Å². The topological polar surface area (TPSA) is 73.6 Å². The van der Waals surface area contributed by atoms with Gasteiger partial charge in [0.15, 0.2) is 0 Å². The number of hydrogen-bond acceptors (Lipinski definition) is 4. The lowest BCUT2D eigenvalue weighted by atomic mass is 10.1. The molecular weight excluding hydrogens is 232 g/mol. The lowest BCUT2D eigenvalue weighted by Crippen LogP contribution is -2.37. The van der Waals surface area contributed by atoms with Crippen molar-refractivity contribution < 1.29 is 14.4 Å². The Morgan fingerprint density at radius 2 is 1.94 bits per heavy atom. The van der Waals surface area contributed by atoms with Crippen LogP contribution in [0.1, 0.15) is 32.4 Å². The third-order valence-electron chi connectivity index (χ3n) is 2.16. The van der Waals surface area contributed by atoms with Crippen LogP contribution in [0.3, 0.4) is 0 Å². The van der Waals surface area contributed by atoms with Crippen LogP contribution in [0.5, 0.6) is 0 Å². The largest absolute Gasteiger partial charge is 0.444 e. The number of nitrogens with two attached hydrogens (primary N) is 1. The molecule has 5 nitrogen and oxygen atoms in total. The van der Waals surface area contributed by atoms with Gasteiger partial charge in [-0.1, -0.05) is 30.3 Å². The van der Waals surface area contributed by atoms with Crippen LogP contribution in [0.4, 0.5) is 4.79 Å². The summed E-state index contributed by atoms with van der Waals surface area (Å²) >= 11 is 0. The second-order valence-electron chi connectivity index (χ2n) is 4.94. The molecule has 1 aromatic rings. The molecule has 5 heteroatoms. The Bertz CT molecular complexity index is 374. The van der Waals surface area contributed by atoms with Gasteiger partial charge in [0.2, 0.25) is 0 Å². The minimum Gasteiger partial charge on any atom is -0.444 e. The van der Waals surface area contributed by atoms with Crippen molar-refractivity contribution in [1.82, 2.24) is 5.32 Å². The molecule has 0 aliphatic heterocycles. The van der Waals surface area contributed by atoms with Crippen molar-refractivity contribution in [1.29, 1.82) is 0 Å².